The van der Waals surface area contributed by atoms with Crippen LogP contribution in [-0.2, 0) is 14.4 Å². The van der Waals surface area contributed by atoms with Gasteiger partial charge in [0, 0.05) is 5.69 Å². The first-order valence-electron chi connectivity index (χ1n) is 10.8. The molecule has 170 valence electrons. The van der Waals surface area contributed by atoms with Crippen molar-refractivity contribution in [2.75, 3.05) is 22.3 Å². The average molecular weight is 454 g/mol. The zero-order valence-corrected chi connectivity index (χ0v) is 18.6. The third-order valence-electron chi connectivity index (χ3n) is 5.94. The van der Waals surface area contributed by atoms with Crippen LogP contribution in [0.5, 0.6) is 5.75 Å². The van der Waals surface area contributed by atoms with E-state index in [4.69, 9.17) is 4.74 Å². The number of imide groups is 1. The molecule has 0 saturated carbocycles. The fourth-order valence-corrected chi connectivity index (χ4v) is 4.28. The molecule has 2 aliphatic heterocycles. The quantitative estimate of drug-likeness (QED) is 0.597. The lowest BCUT2D eigenvalue weighted by Crippen LogP contribution is -2.39. The minimum Gasteiger partial charge on any atom is -0.495 e. The number of benzene rings is 3. The normalized spacial score (nSPS) is 19.2. The van der Waals surface area contributed by atoms with E-state index < -0.39 is 29.7 Å². The van der Waals surface area contributed by atoms with Gasteiger partial charge >= 0.3 is 0 Å². The monoisotopic (exact) mass is 454 g/mol. The summed E-state index contributed by atoms with van der Waals surface area (Å²) >= 11 is 0. The molecule has 1 fully saturated rings. The van der Waals surface area contributed by atoms with Gasteiger partial charge in [0.2, 0.25) is 5.91 Å². The second-order valence-corrected chi connectivity index (χ2v) is 8.09. The van der Waals surface area contributed by atoms with Crippen LogP contribution in [0, 0.1) is 12.8 Å². The van der Waals surface area contributed by atoms with Crippen molar-refractivity contribution in [1.82, 2.24) is 0 Å². The van der Waals surface area contributed by atoms with E-state index in [1.807, 2.05) is 37.3 Å². The van der Waals surface area contributed by atoms with Gasteiger partial charge in [-0.3, -0.25) is 19.4 Å². The maximum absolute atomic E-state index is 13.6. The van der Waals surface area contributed by atoms with E-state index in [1.54, 1.807) is 48.5 Å². The zero-order chi connectivity index (χ0) is 23.8. The number of ether oxygens (including phenoxy) is 1. The Balaban J connectivity index is 1.57. The number of hydrogen-bond donors (Lipinski definition) is 1. The summed E-state index contributed by atoms with van der Waals surface area (Å²) in [5.41, 5.74) is 2.55. The summed E-state index contributed by atoms with van der Waals surface area (Å²) in [4.78, 5) is 41.6. The van der Waals surface area contributed by atoms with Crippen LogP contribution in [0.3, 0.4) is 0 Å². The van der Waals surface area contributed by atoms with Crippen molar-refractivity contribution in [1.29, 1.82) is 0 Å². The van der Waals surface area contributed by atoms with Crippen molar-refractivity contribution >= 4 is 40.5 Å². The molecule has 2 atom stereocenters. The van der Waals surface area contributed by atoms with Crippen molar-refractivity contribution in [3.8, 4) is 5.75 Å². The number of nitrogens with one attached hydrogen (secondary N) is 1. The molecule has 0 aliphatic carbocycles. The fraction of sp³-hybridized carbons (Fsp3) is 0.154. The Bertz CT molecular complexity index is 1300. The first kappa shape index (κ1) is 21.4. The lowest BCUT2D eigenvalue weighted by Gasteiger charge is -2.23. The third kappa shape index (κ3) is 3.49. The van der Waals surface area contributed by atoms with E-state index in [2.05, 4.69) is 10.4 Å². The minimum atomic E-state index is -1.05. The highest BCUT2D eigenvalue weighted by molar-refractivity contribution is 6.51. The molecule has 0 radical (unpaired) electrons. The van der Waals surface area contributed by atoms with E-state index in [-0.39, 0.29) is 5.71 Å². The van der Waals surface area contributed by atoms with Gasteiger partial charge in [-0.05, 0) is 43.3 Å². The number of nitrogens with zero attached hydrogens (tertiary/aromatic N) is 3. The molecule has 1 N–H and O–H groups in total. The average Bonchev–Trinajstić information content (AvgIpc) is 3.37. The minimum absolute atomic E-state index is 0.00910. The summed E-state index contributed by atoms with van der Waals surface area (Å²) in [5, 5.41) is 8.74. The summed E-state index contributed by atoms with van der Waals surface area (Å²) in [5.74, 6) is -2.18. The highest BCUT2D eigenvalue weighted by Gasteiger charge is 2.59. The lowest BCUT2D eigenvalue weighted by atomic mass is 9.97. The molecular formula is C26H22N4O4. The van der Waals surface area contributed by atoms with E-state index in [0.29, 0.717) is 22.8 Å². The van der Waals surface area contributed by atoms with Crippen molar-refractivity contribution in [3.63, 3.8) is 0 Å². The van der Waals surface area contributed by atoms with Gasteiger partial charge in [-0.15, -0.1) is 0 Å². The predicted molar refractivity (Wildman–Crippen MR) is 129 cm³/mol. The zero-order valence-electron chi connectivity index (χ0n) is 18.6. The van der Waals surface area contributed by atoms with E-state index in [1.165, 1.54) is 12.1 Å². The third-order valence-corrected chi connectivity index (χ3v) is 5.94. The molecule has 8 nitrogen and oxygen atoms in total. The molecule has 0 unspecified atom stereocenters. The van der Waals surface area contributed by atoms with Gasteiger partial charge in [-0.2, -0.15) is 5.10 Å². The summed E-state index contributed by atoms with van der Waals surface area (Å²) < 4.78 is 5.39. The standard InChI is InChI=1S/C26H22N4O4/c1-16-12-14-18(15-13-16)30-23-21(22(28-30)24(31)27-17-8-4-3-5-9-17)25(32)29(26(23)33)19-10-6-7-11-20(19)34-2/h3-15,21,23H,1-2H3,(H,27,31)/t21-,23-/m0/s1. The maximum atomic E-state index is 13.6. The number of rotatable bonds is 5. The van der Waals surface area contributed by atoms with Gasteiger partial charge < -0.3 is 10.1 Å². The molecule has 34 heavy (non-hydrogen) atoms. The van der Waals surface area contributed by atoms with Crippen LogP contribution in [0.4, 0.5) is 17.1 Å². The van der Waals surface area contributed by atoms with Crippen LogP contribution in [0.2, 0.25) is 0 Å². The molecule has 3 aromatic carbocycles. The van der Waals surface area contributed by atoms with Gasteiger partial charge in [0.25, 0.3) is 11.8 Å². The topological polar surface area (TPSA) is 91.3 Å². The Morgan fingerprint density at radius 3 is 2.29 bits per heavy atom. The molecule has 0 bridgehead atoms. The molecule has 5 rings (SSSR count). The Labute approximate surface area is 196 Å². The van der Waals surface area contributed by atoms with E-state index in [9.17, 15) is 14.4 Å². The second-order valence-electron chi connectivity index (χ2n) is 8.09. The van der Waals surface area contributed by atoms with Gasteiger partial charge in [0.1, 0.15) is 23.4 Å². The van der Waals surface area contributed by atoms with Crippen LogP contribution in [-0.4, -0.2) is 36.6 Å². The van der Waals surface area contributed by atoms with Crippen molar-refractivity contribution in [3.05, 3.63) is 84.4 Å². The first-order chi connectivity index (χ1) is 16.5. The van der Waals surface area contributed by atoms with Gasteiger partial charge in [-0.25, -0.2) is 4.90 Å². The van der Waals surface area contributed by atoms with Crippen LogP contribution in [0.25, 0.3) is 0 Å². The van der Waals surface area contributed by atoms with Crippen LogP contribution in [0.15, 0.2) is 84.0 Å². The maximum Gasteiger partial charge on any atom is 0.272 e. The highest BCUT2D eigenvalue weighted by atomic mass is 16.5. The number of anilines is 3. The second kappa shape index (κ2) is 8.47. The highest BCUT2D eigenvalue weighted by Crippen LogP contribution is 2.40. The van der Waals surface area contributed by atoms with Gasteiger partial charge in [-0.1, -0.05) is 48.0 Å². The summed E-state index contributed by atoms with van der Waals surface area (Å²) in [6.45, 7) is 1.95. The van der Waals surface area contributed by atoms with Crippen LogP contribution >= 0.6 is 0 Å². The van der Waals surface area contributed by atoms with E-state index in [0.717, 1.165) is 10.5 Å². The summed E-state index contributed by atoms with van der Waals surface area (Å²) in [6, 6.07) is 22.1. The molecule has 8 heteroatoms. The van der Waals surface area contributed by atoms with Crippen LogP contribution < -0.4 is 20.0 Å². The largest absolute Gasteiger partial charge is 0.495 e. The van der Waals surface area contributed by atoms with Crippen LogP contribution in [0.1, 0.15) is 5.56 Å². The smallest absolute Gasteiger partial charge is 0.272 e. The lowest BCUT2D eigenvalue weighted by molar-refractivity contribution is -0.122. The summed E-state index contributed by atoms with van der Waals surface area (Å²) in [6.07, 6.45) is 0. The molecule has 3 amide bonds. The Hall–Kier alpha value is -4.46. The van der Waals surface area contributed by atoms with Crippen molar-refractivity contribution in [2.24, 2.45) is 11.0 Å². The number of aryl methyl sites for hydroxylation is 1. The number of methoxy groups -OCH3 is 1. The van der Waals surface area contributed by atoms with Gasteiger partial charge in [0.15, 0.2) is 0 Å². The summed E-state index contributed by atoms with van der Waals surface area (Å²) in [7, 11) is 1.48. The predicted octanol–water partition coefficient (Wildman–Crippen LogP) is 3.38. The molecule has 0 spiro atoms. The molecule has 2 aliphatic rings. The molecule has 0 aromatic heterocycles. The fourth-order valence-electron chi connectivity index (χ4n) is 4.28. The Morgan fingerprint density at radius 2 is 1.59 bits per heavy atom. The number of fused-ring (bicyclic) bond motifs is 1. The molecule has 3 aromatic rings. The van der Waals surface area contributed by atoms with Crippen molar-refractivity contribution < 1.29 is 19.1 Å². The number of amides is 3. The molecule has 1 saturated heterocycles. The van der Waals surface area contributed by atoms with Crippen molar-refractivity contribution in [2.45, 2.75) is 13.0 Å². The number of carbonyl (C=O) groups is 3. The number of para-hydroxylation sites is 3. The molecule has 2 heterocycles. The van der Waals surface area contributed by atoms with Gasteiger partial charge in [0.05, 0.1) is 18.5 Å². The molecular weight excluding hydrogens is 432 g/mol. The Morgan fingerprint density at radius 1 is 0.912 bits per heavy atom. The SMILES string of the molecule is COc1ccccc1N1C(=O)[C@H]2C(C(=O)Nc3ccccc3)=NN(c3ccc(C)cc3)[C@@H]2C1=O. The van der Waals surface area contributed by atoms with E-state index >= 15 is 0 Å². The number of hydrogen-bond acceptors (Lipinski definition) is 6. The Kier molecular flexibility index (Phi) is 5.33. The first-order valence-corrected chi connectivity index (χ1v) is 10.8. The number of hydrazone groups is 1. The number of carbonyl (C=O) groups excluding carboxylic acids is 3.